The van der Waals surface area contributed by atoms with Crippen molar-refractivity contribution in [2.24, 2.45) is 47.3 Å². The van der Waals surface area contributed by atoms with Crippen LogP contribution in [-0.4, -0.2) is 0 Å². The van der Waals surface area contributed by atoms with E-state index in [4.69, 9.17) is 0 Å². The van der Waals surface area contributed by atoms with Crippen LogP contribution in [0.4, 0.5) is 0 Å². The zero-order valence-electron chi connectivity index (χ0n) is 9.42. The molecule has 0 aromatic rings. The van der Waals surface area contributed by atoms with Crippen molar-refractivity contribution in [3.8, 4) is 6.07 Å². The highest BCUT2D eigenvalue weighted by Crippen LogP contribution is 2.68. The van der Waals surface area contributed by atoms with Gasteiger partial charge in [-0.1, -0.05) is 18.2 Å². The topological polar surface area (TPSA) is 23.8 Å². The van der Waals surface area contributed by atoms with Crippen LogP contribution in [0.5, 0.6) is 0 Å². The molecule has 0 saturated heterocycles. The molecular formula is C15H17N. The fourth-order valence-electron chi connectivity index (χ4n) is 5.59. The summed E-state index contributed by atoms with van der Waals surface area (Å²) in [5.74, 6) is 5.62. The second-order valence-corrected chi connectivity index (χ2v) is 6.13. The van der Waals surface area contributed by atoms with Gasteiger partial charge < -0.3 is 0 Å². The van der Waals surface area contributed by atoms with E-state index in [0.717, 1.165) is 29.6 Å². The second-order valence-electron chi connectivity index (χ2n) is 6.13. The number of hydrogen-bond acceptors (Lipinski definition) is 1. The molecule has 0 aromatic heterocycles. The molecule has 4 aliphatic carbocycles. The Bertz CT molecular complexity index is 416. The van der Waals surface area contributed by atoms with E-state index >= 15 is 0 Å². The summed E-state index contributed by atoms with van der Waals surface area (Å²) in [6.45, 7) is 3.97. The molecule has 0 aromatic carbocycles. The quantitative estimate of drug-likeness (QED) is 0.483. The number of hydrogen-bond donors (Lipinski definition) is 0. The summed E-state index contributed by atoms with van der Waals surface area (Å²) in [6.07, 6.45) is 9.64. The van der Waals surface area contributed by atoms with Crippen molar-refractivity contribution >= 4 is 0 Å². The minimum Gasteiger partial charge on any atom is -0.198 e. The maximum atomic E-state index is 9.36. The first-order valence-corrected chi connectivity index (χ1v) is 6.55. The summed E-state index contributed by atoms with van der Waals surface area (Å²) in [5, 5.41) is 9.36. The lowest BCUT2D eigenvalue weighted by molar-refractivity contribution is 0.140. The van der Waals surface area contributed by atoms with Crippen LogP contribution in [0.15, 0.2) is 24.8 Å². The summed E-state index contributed by atoms with van der Waals surface area (Å²) < 4.78 is 0. The van der Waals surface area contributed by atoms with Gasteiger partial charge in [0.1, 0.15) is 0 Å². The van der Waals surface area contributed by atoms with Gasteiger partial charge in [0.05, 0.1) is 12.0 Å². The molecule has 82 valence electrons. The molecule has 0 amide bonds. The van der Waals surface area contributed by atoms with Crippen LogP contribution in [0, 0.1) is 58.7 Å². The van der Waals surface area contributed by atoms with Crippen LogP contribution < -0.4 is 0 Å². The molecule has 3 saturated carbocycles. The smallest absolute Gasteiger partial charge is 0.0665 e. The van der Waals surface area contributed by atoms with Crippen molar-refractivity contribution in [2.75, 3.05) is 0 Å². The van der Waals surface area contributed by atoms with Crippen LogP contribution >= 0.6 is 0 Å². The Kier molecular flexibility index (Phi) is 1.58. The number of nitrogens with zero attached hydrogens (tertiary/aromatic N) is 1. The van der Waals surface area contributed by atoms with Crippen molar-refractivity contribution in [3.05, 3.63) is 24.8 Å². The Morgan fingerprint density at radius 3 is 2.44 bits per heavy atom. The first-order valence-electron chi connectivity index (χ1n) is 6.55. The summed E-state index contributed by atoms with van der Waals surface area (Å²) >= 11 is 0. The van der Waals surface area contributed by atoms with E-state index in [1.54, 1.807) is 0 Å². The van der Waals surface area contributed by atoms with Gasteiger partial charge in [-0.25, -0.2) is 0 Å². The molecule has 0 spiro atoms. The van der Waals surface area contributed by atoms with E-state index in [0.29, 0.717) is 11.8 Å². The van der Waals surface area contributed by atoms with Crippen LogP contribution in [0.1, 0.15) is 12.8 Å². The highest BCUT2D eigenvalue weighted by atomic mass is 14.7. The average Bonchev–Trinajstić information content (AvgIpc) is 3.03. The Hall–Kier alpha value is -1.03. The largest absolute Gasteiger partial charge is 0.198 e. The minimum absolute atomic E-state index is 0.275. The van der Waals surface area contributed by atoms with Crippen molar-refractivity contribution in [2.45, 2.75) is 12.8 Å². The first kappa shape index (κ1) is 9.05. The zero-order valence-corrected chi connectivity index (χ0v) is 9.42. The van der Waals surface area contributed by atoms with Gasteiger partial charge in [-0.05, 0) is 54.3 Å². The third-order valence-corrected chi connectivity index (χ3v) is 5.91. The van der Waals surface area contributed by atoms with Crippen molar-refractivity contribution in [3.63, 3.8) is 0 Å². The summed E-state index contributed by atoms with van der Waals surface area (Å²) in [4.78, 5) is 0. The lowest BCUT2D eigenvalue weighted by Gasteiger charge is -2.38. The first-order chi connectivity index (χ1) is 7.85. The van der Waals surface area contributed by atoms with Gasteiger partial charge in [-0.2, -0.15) is 5.26 Å². The standard InChI is InChI=1S/C15H17N/c1-2-10-11-6-12(13(10)7-16)15-9-4-3-8(5-9)14(11)15/h2-4,8-15H,1,5-6H2. The number of rotatable bonds is 1. The van der Waals surface area contributed by atoms with E-state index in [9.17, 15) is 5.26 Å². The number of allylic oxidation sites excluding steroid dienone is 3. The summed E-state index contributed by atoms with van der Waals surface area (Å²) in [7, 11) is 0. The summed E-state index contributed by atoms with van der Waals surface area (Å²) in [6, 6.07) is 2.57. The maximum Gasteiger partial charge on any atom is 0.0665 e. The third-order valence-electron chi connectivity index (χ3n) is 5.91. The van der Waals surface area contributed by atoms with Gasteiger partial charge in [0.2, 0.25) is 0 Å². The van der Waals surface area contributed by atoms with Crippen LogP contribution in [0.2, 0.25) is 0 Å². The van der Waals surface area contributed by atoms with Gasteiger partial charge in [0.15, 0.2) is 0 Å². The fourth-order valence-corrected chi connectivity index (χ4v) is 5.59. The predicted molar refractivity (Wildman–Crippen MR) is 62.1 cm³/mol. The molecule has 0 N–H and O–H groups in total. The molecule has 4 rings (SSSR count). The molecule has 0 heterocycles. The molecule has 1 nitrogen and oxygen atoms in total. The molecule has 8 unspecified atom stereocenters. The van der Waals surface area contributed by atoms with E-state index in [2.05, 4.69) is 30.9 Å². The third kappa shape index (κ3) is 0.808. The molecule has 4 aliphatic rings. The fraction of sp³-hybridized carbons (Fsp3) is 0.667. The Balaban J connectivity index is 1.77. The molecule has 3 fully saturated rings. The zero-order chi connectivity index (χ0) is 10.9. The summed E-state index contributed by atoms with van der Waals surface area (Å²) in [5.41, 5.74) is 0. The molecular weight excluding hydrogens is 194 g/mol. The molecule has 1 heteroatoms. The second kappa shape index (κ2) is 2.80. The SMILES string of the molecule is C=CC1C(C#N)C2CC1C1C3C=CC(C3)C21. The van der Waals surface area contributed by atoms with E-state index in [-0.39, 0.29) is 5.92 Å². The van der Waals surface area contributed by atoms with Crippen molar-refractivity contribution < 1.29 is 0 Å². The van der Waals surface area contributed by atoms with E-state index in [1.165, 1.54) is 12.8 Å². The maximum absolute atomic E-state index is 9.36. The molecule has 0 aliphatic heterocycles. The van der Waals surface area contributed by atoms with Gasteiger partial charge in [-0.15, -0.1) is 6.58 Å². The van der Waals surface area contributed by atoms with E-state index < -0.39 is 0 Å². The molecule has 0 radical (unpaired) electrons. The van der Waals surface area contributed by atoms with Gasteiger partial charge in [0.25, 0.3) is 0 Å². The Labute approximate surface area is 96.8 Å². The van der Waals surface area contributed by atoms with Crippen molar-refractivity contribution in [1.82, 2.24) is 0 Å². The molecule has 8 atom stereocenters. The van der Waals surface area contributed by atoms with Gasteiger partial charge in [0, 0.05) is 0 Å². The highest BCUT2D eigenvalue weighted by Gasteiger charge is 2.63. The normalized spacial score (nSPS) is 59.9. The van der Waals surface area contributed by atoms with Crippen LogP contribution in [0.3, 0.4) is 0 Å². The lowest BCUT2D eigenvalue weighted by Crippen LogP contribution is -2.35. The van der Waals surface area contributed by atoms with Crippen molar-refractivity contribution in [1.29, 1.82) is 5.26 Å². The van der Waals surface area contributed by atoms with Gasteiger partial charge >= 0.3 is 0 Å². The monoisotopic (exact) mass is 211 g/mol. The molecule has 4 bridgehead atoms. The van der Waals surface area contributed by atoms with Crippen LogP contribution in [-0.2, 0) is 0 Å². The van der Waals surface area contributed by atoms with E-state index in [1.807, 2.05) is 0 Å². The average molecular weight is 211 g/mol. The predicted octanol–water partition coefficient (Wildman–Crippen LogP) is 3.02. The Morgan fingerprint density at radius 2 is 1.81 bits per heavy atom. The lowest BCUT2D eigenvalue weighted by atomic mass is 9.65. The molecule has 16 heavy (non-hydrogen) atoms. The number of nitriles is 1. The minimum atomic E-state index is 0.275. The van der Waals surface area contributed by atoms with Crippen LogP contribution in [0.25, 0.3) is 0 Å². The highest BCUT2D eigenvalue weighted by molar-refractivity contribution is 5.25. The Morgan fingerprint density at radius 1 is 1.12 bits per heavy atom. The van der Waals surface area contributed by atoms with Gasteiger partial charge in [-0.3, -0.25) is 0 Å². The number of fused-ring (bicyclic) bond motifs is 9.